The Morgan fingerprint density at radius 1 is 0.838 bits per heavy atom. The van der Waals surface area contributed by atoms with E-state index in [2.05, 4.69) is 16.0 Å². The summed E-state index contributed by atoms with van der Waals surface area (Å²) in [5, 5.41) is 17.4. The molecule has 0 spiro atoms. The third-order valence-corrected chi connectivity index (χ3v) is 5.36. The number of aryl methyl sites for hydroxylation is 1. The van der Waals surface area contributed by atoms with Crippen LogP contribution in [0.25, 0.3) is 0 Å². The molecule has 3 rings (SSSR count). The van der Waals surface area contributed by atoms with E-state index in [9.17, 15) is 14.4 Å². The van der Waals surface area contributed by atoms with E-state index in [0.29, 0.717) is 34.2 Å². The molecule has 0 fully saturated rings. The minimum absolute atomic E-state index is 0.0843. The zero-order valence-corrected chi connectivity index (χ0v) is 20.8. The average molecular weight is 508 g/mol. The number of urea groups is 1. The largest absolute Gasteiger partial charge is 0.495 e. The van der Waals surface area contributed by atoms with Gasteiger partial charge in [0, 0.05) is 5.69 Å². The predicted octanol–water partition coefficient (Wildman–Crippen LogP) is 4.09. The standard InChI is InChI=1S/C27H29N3O7/c1-17-6-4-5-7-20(17)29-27(34)30-21-10-8-18(14-23(21)35-2)15-25(31)28-12-13-37-22-11-9-19(26(32)33)16-24(22)36-3/h4-11,14,16H,12-13,15H2,1-3H3,(H,28,31)(H,32,33)(H2,29,30,34). The number of carbonyl (C=O) groups is 3. The van der Waals surface area contributed by atoms with E-state index in [1.807, 2.05) is 31.2 Å². The van der Waals surface area contributed by atoms with Crippen LogP contribution in [-0.2, 0) is 11.2 Å². The maximum atomic E-state index is 12.4. The van der Waals surface area contributed by atoms with Crippen LogP contribution in [0, 0.1) is 6.92 Å². The lowest BCUT2D eigenvalue weighted by Crippen LogP contribution is -2.29. The van der Waals surface area contributed by atoms with Crippen LogP contribution in [-0.4, -0.2) is 50.4 Å². The molecule has 0 unspecified atom stereocenters. The summed E-state index contributed by atoms with van der Waals surface area (Å²) in [6.45, 7) is 2.30. The lowest BCUT2D eigenvalue weighted by Gasteiger charge is -2.14. The number of carbonyl (C=O) groups excluding carboxylic acids is 2. The molecule has 0 aliphatic carbocycles. The van der Waals surface area contributed by atoms with Gasteiger partial charge in [0.1, 0.15) is 12.4 Å². The Balaban J connectivity index is 1.50. The summed E-state index contributed by atoms with van der Waals surface area (Å²) in [4.78, 5) is 35.9. The fraction of sp³-hybridized carbons (Fsp3) is 0.222. The van der Waals surface area contributed by atoms with E-state index in [1.54, 1.807) is 18.2 Å². The fourth-order valence-electron chi connectivity index (χ4n) is 3.46. The molecule has 3 amide bonds. The van der Waals surface area contributed by atoms with Crippen molar-refractivity contribution in [1.82, 2.24) is 5.32 Å². The maximum Gasteiger partial charge on any atom is 0.335 e. The number of carboxylic acid groups (broad SMARTS) is 1. The van der Waals surface area contributed by atoms with E-state index in [0.717, 1.165) is 5.56 Å². The molecule has 0 atom stereocenters. The molecule has 10 heteroatoms. The zero-order valence-electron chi connectivity index (χ0n) is 20.8. The Morgan fingerprint density at radius 3 is 2.27 bits per heavy atom. The molecule has 0 bridgehead atoms. The molecule has 0 radical (unpaired) electrons. The second kappa shape index (κ2) is 12.8. The van der Waals surface area contributed by atoms with Crippen molar-refractivity contribution in [2.75, 3.05) is 38.0 Å². The fourth-order valence-corrected chi connectivity index (χ4v) is 3.46. The number of amides is 3. The Bertz CT molecular complexity index is 1280. The van der Waals surface area contributed by atoms with Gasteiger partial charge in [0.2, 0.25) is 5.91 Å². The van der Waals surface area contributed by atoms with Crippen LogP contribution in [0.3, 0.4) is 0 Å². The van der Waals surface area contributed by atoms with Crippen molar-refractivity contribution in [3.8, 4) is 17.2 Å². The van der Waals surface area contributed by atoms with E-state index < -0.39 is 12.0 Å². The zero-order chi connectivity index (χ0) is 26.8. The van der Waals surface area contributed by atoms with Gasteiger partial charge in [-0.25, -0.2) is 9.59 Å². The first-order valence-electron chi connectivity index (χ1n) is 11.4. The van der Waals surface area contributed by atoms with Crippen molar-refractivity contribution in [1.29, 1.82) is 0 Å². The number of ether oxygens (including phenoxy) is 3. The lowest BCUT2D eigenvalue weighted by atomic mass is 10.1. The predicted molar refractivity (Wildman–Crippen MR) is 139 cm³/mol. The highest BCUT2D eigenvalue weighted by molar-refractivity contribution is 6.01. The highest BCUT2D eigenvalue weighted by Crippen LogP contribution is 2.28. The second-order valence-corrected chi connectivity index (χ2v) is 7.97. The quantitative estimate of drug-likeness (QED) is 0.287. The molecule has 0 saturated carbocycles. The summed E-state index contributed by atoms with van der Waals surface area (Å²) in [6, 6.07) is 16.4. The van der Waals surface area contributed by atoms with Crippen LogP contribution < -0.4 is 30.2 Å². The lowest BCUT2D eigenvalue weighted by molar-refractivity contribution is -0.120. The number of carboxylic acids is 1. The van der Waals surface area contributed by atoms with Crippen molar-refractivity contribution in [2.45, 2.75) is 13.3 Å². The Labute approximate surface area is 214 Å². The number of nitrogens with one attached hydrogen (secondary N) is 3. The van der Waals surface area contributed by atoms with E-state index >= 15 is 0 Å². The van der Waals surface area contributed by atoms with E-state index in [-0.39, 0.29) is 31.0 Å². The molecule has 3 aromatic rings. The summed E-state index contributed by atoms with van der Waals surface area (Å²) in [6.07, 6.45) is 0.0999. The highest BCUT2D eigenvalue weighted by atomic mass is 16.5. The van der Waals surface area contributed by atoms with Crippen molar-refractivity contribution in [3.63, 3.8) is 0 Å². The number of para-hydroxylation sites is 1. The monoisotopic (exact) mass is 507 g/mol. The van der Waals surface area contributed by atoms with Gasteiger partial charge >= 0.3 is 12.0 Å². The molecule has 0 aliphatic rings. The number of hydrogen-bond acceptors (Lipinski definition) is 6. The summed E-state index contributed by atoms with van der Waals surface area (Å²) in [5.41, 5.74) is 2.89. The molecular weight excluding hydrogens is 478 g/mol. The number of anilines is 2. The smallest absolute Gasteiger partial charge is 0.335 e. The Kier molecular flexibility index (Phi) is 9.31. The van der Waals surface area contributed by atoms with Gasteiger partial charge < -0.3 is 35.3 Å². The highest BCUT2D eigenvalue weighted by Gasteiger charge is 2.13. The number of aromatic carboxylic acids is 1. The van der Waals surface area contributed by atoms with Gasteiger partial charge in [-0.05, 0) is 54.4 Å². The second-order valence-electron chi connectivity index (χ2n) is 7.97. The normalized spacial score (nSPS) is 10.2. The Hall–Kier alpha value is -4.73. The van der Waals surface area contributed by atoms with Gasteiger partial charge in [0.25, 0.3) is 0 Å². The van der Waals surface area contributed by atoms with Crippen LogP contribution >= 0.6 is 0 Å². The molecular formula is C27H29N3O7. The molecule has 0 aliphatic heterocycles. The molecule has 0 aromatic heterocycles. The molecule has 10 nitrogen and oxygen atoms in total. The Morgan fingerprint density at radius 2 is 1.57 bits per heavy atom. The topological polar surface area (TPSA) is 135 Å². The van der Waals surface area contributed by atoms with Crippen LogP contribution in [0.4, 0.5) is 16.2 Å². The molecule has 3 aromatic carbocycles. The van der Waals surface area contributed by atoms with Gasteiger partial charge in [0.05, 0.1) is 38.4 Å². The molecule has 4 N–H and O–H groups in total. The third-order valence-electron chi connectivity index (χ3n) is 5.36. The summed E-state index contributed by atoms with van der Waals surface area (Å²) < 4.78 is 16.2. The minimum Gasteiger partial charge on any atom is -0.495 e. The van der Waals surface area contributed by atoms with Gasteiger partial charge in [-0.1, -0.05) is 24.3 Å². The molecule has 37 heavy (non-hydrogen) atoms. The summed E-state index contributed by atoms with van der Waals surface area (Å²) in [7, 11) is 2.90. The SMILES string of the molecule is COc1cc(CC(=O)NCCOc2ccc(C(=O)O)cc2OC)ccc1NC(=O)Nc1ccccc1C. The van der Waals surface area contributed by atoms with Crippen LogP contribution in [0.5, 0.6) is 17.2 Å². The van der Waals surface area contributed by atoms with Gasteiger partial charge in [-0.2, -0.15) is 0 Å². The van der Waals surface area contributed by atoms with E-state index in [1.165, 1.54) is 32.4 Å². The van der Waals surface area contributed by atoms with E-state index in [4.69, 9.17) is 19.3 Å². The summed E-state index contributed by atoms with van der Waals surface area (Å²) >= 11 is 0. The van der Waals surface area contributed by atoms with Crippen molar-refractivity contribution in [2.24, 2.45) is 0 Å². The van der Waals surface area contributed by atoms with Crippen molar-refractivity contribution >= 4 is 29.3 Å². The first-order chi connectivity index (χ1) is 17.8. The van der Waals surface area contributed by atoms with Gasteiger partial charge in [0.15, 0.2) is 11.5 Å². The molecule has 0 saturated heterocycles. The first-order valence-corrected chi connectivity index (χ1v) is 11.4. The number of rotatable bonds is 11. The number of methoxy groups -OCH3 is 2. The summed E-state index contributed by atoms with van der Waals surface area (Å²) in [5.74, 6) is -0.203. The first kappa shape index (κ1) is 26.9. The van der Waals surface area contributed by atoms with Crippen molar-refractivity contribution in [3.05, 3.63) is 77.4 Å². The van der Waals surface area contributed by atoms with Crippen LogP contribution in [0.2, 0.25) is 0 Å². The third kappa shape index (κ3) is 7.63. The maximum absolute atomic E-state index is 12.4. The minimum atomic E-state index is -1.07. The van der Waals surface area contributed by atoms with Crippen molar-refractivity contribution < 1.29 is 33.7 Å². The van der Waals surface area contributed by atoms with Crippen LogP contribution in [0.1, 0.15) is 21.5 Å². The average Bonchev–Trinajstić information content (AvgIpc) is 2.88. The van der Waals surface area contributed by atoms with Crippen LogP contribution in [0.15, 0.2) is 60.7 Å². The van der Waals surface area contributed by atoms with Gasteiger partial charge in [-0.15, -0.1) is 0 Å². The molecule has 194 valence electrons. The number of benzene rings is 3. The molecule has 0 heterocycles. The number of hydrogen-bond donors (Lipinski definition) is 4. The van der Waals surface area contributed by atoms with Gasteiger partial charge in [-0.3, -0.25) is 4.79 Å².